The standard InChI is InChI=1S/C14H19FN2O2/c1-10(2)7-16-13(19)8-17(3)14-11(9-18)5-4-6-12(14)15/h4-6,9-10H,7-8H2,1-3H3,(H,16,19). The lowest BCUT2D eigenvalue weighted by molar-refractivity contribution is -0.119. The molecule has 0 aliphatic carbocycles. The summed E-state index contributed by atoms with van der Waals surface area (Å²) in [6.07, 6.45) is 0.584. The Hall–Kier alpha value is -1.91. The molecule has 0 saturated heterocycles. The largest absolute Gasteiger partial charge is 0.362 e. The van der Waals surface area contributed by atoms with Gasteiger partial charge in [0, 0.05) is 19.2 Å². The molecule has 1 rings (SSSR count). The summed E-state index contributed by atoms with van der Waals surface area (Å²) >= 11 is 0. The maximum atomic E-state index is 13.7. The van der Waals surface area contributed by atoms with Gasteiger partial charge in [0.2, 0.25) is 5.91 Å². The minimum absolute atomic E-state index is 0.00843. The molecule has 1 amide bonds. The van der Waals surface area contributed by atoms with Gasteiger partial charge in [-0.05, 0) is 18.1 Å². The second-order valence-corrected chi connectivity index (χ2v) is 4.85. The number of carbonyl (C=O) groups is 2. The van der Waals surface area contributed by atoms with Crippen molar-refractivity contribution < 1.29 is 14.0 Å². The summed E-state index contributed by atoms with van der Waals surface area (Å²) in [5.41, 5.74) is 0.386. The van der Waals surface area contributed by atoms with Gasteiger partial charge in [-0.2, -0.15) is 0 Å². The molecular weight excluding hydrogens is 247 g/mol. The highest BCUT2D eigenvalue weighted by Gasteiger charge is 2.15. The van der Waals surface area contributed by atoms with Crippen LogP contribution in [0.4, 0.5) is 10.1 Å². The summed E-state index contributed by atoms with van der Waals surface area (Å²) in [5.74, 6) is -0.353. The van der Waals surface area contributed by atoms with Crippen molar-refractivity contribution in [3.05, 3.63) is 29.6 Å². The van der Waals surface area contributed by atoms with Gasteiger partial charge in [-0.1, -0.05) is 19.9 Å². The molecule has 19 heavy (non-hydrogen) atoms. The Morgan fingerprint density at radius 3 is 2.74 bits per heavy atom. The van der Waals surface area contributed by atoms with E-state index in [1.54, 1.807) is 7.05 Å². The number of halogens is 1. The van der Waals surface area contributed by atoms with E-state index in [1.807, 2.05) is 13.8 Å². The second-order valence-electron chi connectivity index (χ2n) is 4.85. The number of nitrogens with one attached hydrogen (secondary N) is 1. The predicted octanol–water partition coefficient (Wildman–Crippen LogP) is 1.85. The fourth-order valence-electron chi connectivity index (χ4n) is 1.70. The quantitative estimate of drug-likeness (QED) is 0.799. The third-order valence-electron chi connectivity index (χ3n) is 2.61. The smallest absolute Gasteiger partial charge is 0.239 e. The molecule has 5 heteroatoms. The van der Waals surface area contributed by atoms with Crippen molar-refractivity contribution in [2.75, 3.05) is 25.0 Å². The number of hydrogen-bond acceptors (Lipinski definition) is 3. The SMILES string of the molecule is CC(C)CNC(=O)CN(C)c1c(F)cccc1C=O. The Labute approximate surface area is 112 Å². The molecule has 1 aromatic rings. The highest BCUT2D eigenvalue weighted by atomic mass is 19.1. The Bertz CT molecular complexity index is 461. The molecular formula is C14H19FN2O2. The van der Waals surface area contributed by atoms with Crippen LogP contribution in [0, 0.1) is 11.7 Å². The molecule has 0 aromatic heterocycles. The Morgan fingerprint density at radius 2 is 2.16 bits per heavy atom. The topological polar surface area (TPSA) is 49.4 Å². The molecule has 0 atom stereocenters. The van der Waals surface area contributed by atoms with Gasteiger partial charge in [-0.25, -0.2) is 4.39 Å². The lowest BCUT2D eigenvalue weighted by atomic mass is 10.1. The highest BCUT2D eigenvalue weighted by Crippen LogP contribution is 2.21. The number of benzene rings is 1. The summed E-state index contributed by atoms with van der Waals surface area (Å²) in [6.45, 7) is 4.57. The van der Waals surface area contributed by atoms with E-state index in [0.29, 0.717) is 18.7 Å². The third kappa shape index (κ3) is 4.35. The van der Waals surface area contributed by atoms with Crippen molar-refractivity contribution >= 4 is 17.9 Å². The molecule has 0 bridgehead atoms. The fourth-order valence-corrected chi connectivity index (χ4v) is 1.70. The molecule has 104 valence electrons. The lowest BCUT2D eigenvalue weighted by Crippen LogP contribution is -2.37. The van der Waals surface area contributed by atoms with E-state index in [1.165, 1.54) is 23.1 Å². The summed E-state index contributed by atoms with van der Waals surface area (Å²) in [4.78, 5) is 24.0. The molecule has 0 radical (unpaired) electrons. The van der Waals surface area contributed by atoms with E-state index >= 15 is 0 Å². The van der Waals surface area contributed by atoms with Gasteiger partial charge >= 0.3 is 0 Å². The van der Waals surface area contributed by atoms with E-state index < -0.39 is 5.82 Å². The van der Waals surface area contributed by atoms with Crippen molar-refractivity contribution in [2.24, 2.45) is 5.92 Å². The van der Waals surface area contributed by atoms with Crippen LogP contribution < -0.4 is 10.2 Å². The monoisotopic (exact) mass is 266 g/mol. The molecule has 0 aliphatic heterocycles. The second kappa shape index (κ2) is 6.87. The zero-order valence-electron chi connectivity index (χ0n) is 11.4. The minimum atomic E-state index is -0.510. The Morgan fingerprint density at radius 1 is 1.47 bits per heavy atom. The number of para-hydroxylation sites is 1. The van der Waals surface area contributed by atoms with Crippen LogP contribution in [0.15, 0.2) is 18.2 Å². The molecule has 0 spiro atoms. The molecule has 0 fully saturated rings. The molecule has 1 aromatic carbocycles. The molecule has 0 heterocycles. The molecule has 1 N–H and O–H groups in total. The van der Waals surface area contributed by atoms with Crippen LogP contribution in [0.5, 0.6) is 0 Å². The first kappa shape index (κ1) is 15.1. The maximum absolute atomic E-state index is 13.7. The fraction of sp³-hybridized carbons (Fsp3) is 0.429. The number of nitrogens with zero attached hydrogens (tertiary/aromatic N) is 1. The lowest BCUT2D eigenvalue weighted by Gasteiger charge is -2.21. The minimum Gasteiger partial charge on any atom is -0.362 e. The number of carbonyl (C=O) groups excluding carboxylic acids is 2. The molecule has 0 aliphatic rings. The van der Waals surface area contributed by atoms with Gasteiger partial charge < -0.3 is 10.2 Å². The van der Waals surface area contributed by atoms with Crippen molar-refractivity contribution in [1.82, 2.24) is 5.32 Å². The molecule has 4 nitrogen and oxygen atoms in total. The predicted molar refractivity (Wildman–Crippen MR) is 72.9 cm³/mol. The summed E-state index contributed by atoms with van der Waals surface area (Å²) in [7, 11) is 1.58. The normalized spacial score (nSPS) is 10.4. The van der Waals surface area contributed by atoms with Crippen molar-refractivity contribution in [2.45, 2.75) is 13.8 Å². The number of likely N-dealkylation sites (N-methyl/N-ethyl adjacent to an activating group) is 1. The summed E-state index contributed by atoms with van der Waals surface area (Å²) in [6, 6.07) is 4.26. The van der Waals surface area contributed by atoms with Gasteiger partial charge in [0.05, 0.1) is 12.2 Å². The van der Waals surface area contributed by atoms with Crippen LogP contribution in [0.25, 0.3) is 0 Å². The van der Waals surface area contributed by atoms with Crippen LogP contribution in [0.3, 0.4) is 0 Å². The van der Waals surface area contributed by atoms with E-state index in [9.17, 15) is 14.0 Å². The van der Waals surface area contributed by atoms with Crippen molar-refractivity contribution in [3.8, 4) is 0 Å². The summed E-state index contributed by atoms with van der Waals surface area (Å²) in [5, 5.41) is 2.75. The van der Waals surface area contributed by atoms with Gasteiger partial charge in [0.25, 0.3) is 0 Å². The number of hydrogen-bond donors (Lipinski definition) is 1. The van der Waals surface area contributed by atoms with Crippen LogP contribution in [0.2, 0.25) is 0 Å². The molecule has 0 unspecified atom stereocenters. The van der Waals surface area contributed by atoms with E-state index in [0.717, 1.165) is 0 Å². The molecule has 0 saturated carbocycles. The van der Waals surface area contributed by atoms with Gasteiger partial charge in [0.15, 0.2) is 6.29 Å². The third-order valence-corrected chi connectivity index (χ3v) is 2.61. The first-order chi connectivity index (χ1) is 8.95. The average molecular weight is 266 g/mol. The van der Waals surface area contributed by atoms with Crippen LogP contribution in [-0.4, -0.2) is 32.3 Å². The summed E-state index contributed by atoms with van der Waals surface area (Å²) < 4.78 is 13.7. The number of anilines is 1. The van der Waals surface area contributed by atoms with Crippen LogP contribution >= 0.6 is 0 Å². The Balaban J connectivity index is 2.75. The van der Waals surface area contributed by atoms with E-state index in [4.69, 9.17) is 0 Å². The zero-order valence-corrected chi connectivity index (χ0v) is 11.4. The van der Waals surface area contributed by atoms with Crippen LogP contribution in [0.1, 0.15) is 24.2 Å². The number of amides is 1. The average Bonchev–Trinajstić information content (AvgIpc) is 2.35. The van der Waals surface area contributed by atoms with Gasteiger partial charge in [-0.3, -0.25) is 9.59 Å². The van der Waals surface area contributed by atoms with Gasteiger partial charge in [-0.15, -0.1) is 0 Å². The Kier molecular flexibility index (Phi) is 5.48. The zero-order chi connectivity index (χ0) is 14.4. The van der Waals surface area contributed by atoms with Gasteiger partial charge in [0.1, 0.15) is 5.82 Å². The van der Waals surface area contributed by atoms with Crippen molar-refractivity contribution in [1.29, 1.82) is 0 Å². The maximum Gasteiger partial charge on any atom is 0.239 e. The van der Waals surface area contributed by atoms with E-state index in [-0.39, 0.29) is 23.7 Å². The highest BCUT2D eigenvalue weighted by molar-refractivity contribution is 5.87. The first-order valence-corrected chi connectivity index (χ1v) is 6.17. The first-order valence-electron chi connectivity index (χ1n) is 6.17. The number of rotatable bonds is 6. The van der Waals surface area contributed by atoms with Crippen molar-refractivity contribution in [3.63, 3.8) is 0 Å². The van der Waals surface area contributed by atoms with E-state index in [2.05, 4.69) is 5.32 Å². The number of aldehydes is 1. The van der Waals surface area contributed by atoms with Crippen LogP contribution in [-0.2, 0) is 4.79 Å².